The van der Waals surface area contributed by atoms with Gasteiger partial charge in [-0.05, 0) is 20.3 Å². The van der Waals surface area contributed by atoms with E-state index in [0.717, 1.165) is 54.6 Å². The summed E-state index contributed by atoms with van der Waals surface area (Å²) in [6.07, 6.45) is 2.97. The molecule has 1 fully saturated rings. The summed E-state index contributed by atoms with van der Waals surface area (Å²) in [5.74, 6) is 2.34. The van der Waals surface area contributed by atoms with Gasteiger partial charge in [0.05, 0.1) is 39.2 Å². The second-order valence-electron chi connectivity index (χ2n) is 6.62. The normalized spacial score (nSPS) is 17.0. The van der Waals surface area contributed by atoms with Crippen LogP contribution >= 0.6 is 24.0 Å². The lowest BCUT2D eigenvalue weighted by Gasteiger charge is -2.22. The van der Waals surface area contributed by atoms with Crippen molar-refractivity contribution in [1.82, 2.24) is 15.2 Å². The van der Waals surface area contributed by atoms with Gasteiger partial charge in [0.2, 0.25) is 0 Å². The topological polar surface area (TPSA) is 68.2 Å². The summed E-state index contributed by atoms with van der Waals surface area (Å²) < 4.78 is 16.2. The summed E-state index contributed by atoms with van der Waals surface area (Å²) >= 11 is 0. The highest BCUT2D eigenvalue weighted by Gasteiger charge is 2.25. The molecule has 0 aromatic carbocycles. The largest absolute Gasteiger partial charge is 0.496 e. The summed E-state index contributed by atoms with van der Waals surface area (Å²) in [5, 5.41) is 3.43. The average molecular weight is 492 g/mol. The van der Waals surface area contributed by atoms with Gasteiger partial charge in [-0.1, -0.05) is 0 Å². The van der Waals surface area contributed by atoms with Crippen LogP contribution in [0.15, 0.2) is 11.2 Å². The van der Waals surface area contributed by atoms with Gasteiger partial charge in [0.15, 0.2) is 5.96 Å². The van der Waals surface area contributed by atoms with Crippen molar-refractivity contribution in [3.8, 4) is 5.75 Å². The van der Waals surface area contributed by atoms with Crippen molar-refractivity contribution in [3.63, 3.8) is 0 Å². The molecule has 0 radical (unpaired) electrons. The molecule has 0 bridgehead atoms. The van der Waals surface area contributed by atoms with Crippen LogP contribution in [0.4, 0.5) is 0 Å². The van der Waals surface area contributed by atoms with Crippen molar-refractivity contribution in [2.24, 2.45) is 10.9 Å². The SMILES string of the molecule is CN=C(NCc1ncc(C)c(OC)c1C)N1CCC(COCCOC)C1.I. The molecule has 1 N–H and O–H groups in total. The summed E-state index contributed by atoms with van der Waals surface area (Å²) in [4.78, 5) is 11.3. The maximum Gasteiger partial charge on any atom is 0.193 e. The van der Waals surface area contributed by atoms with E-state index in [-0.39, 0.29) is 24.0 Å². The zero-order valence-electron chi connectivity index (χ0n) is 17.1. The third-order valence-corrected chi connectivity index (χ3v) is 4.75. The summed E-state index contributed by atoms with van der Waals surface area (Å²) in [7, 11) is 5.21. The predicted molar refractivity (Wildman–Crippen MR) is 118 cm³/mol. The van der Waals surface area contributed by atoms with Crippen molar-refractivity contribution < 1.29 is 14.2 Å². The summed E-state index contributed by atoms with van der Waals surface area (Å²) in [6.45, 7) is 8.69. The van der Waals surface area contributed by atoms with E-state index in [9.17, 15) is 0 Å². The van der Waals surface area contributed by atoms with Crippen LogP contribution in [-0.2, 0) is 16.0 Å². The molecular weight excluding hydrogens is 459 g/mol. The monoisotopic (exact) mass is 492 g/mol. The number of halogens is 1. The van der Waals surface area contributed by atoms with Gasteiger partial charge in [0.25, 0.3) is 0 Å². The third-order valence-electron chi connectivity index (χ3n) is 4.75. The minimum absolute atomic E-state index is 0. The Kier molecular flexibility index (Phi) is 10.9. The van der Waals surface area contributed by atoms with Crippen LogP contribution in [0, 0.1) is 19.8 Å². The Bertz CT molecular complexity index is 613. The minimum atomic E-state index is 0. The first kappa shape index (κ1) is 23.9. The second-order valence-corrected chi connectivity index (χ2v) is 6.62. The lowest BCUT2D eigenvalue weighted by atomic mass is 10.1. The Morgan fingerprint density at radius 1 is 1.33 bits per heavy atom. The molecule has 154 valence electrons. The number of hydrogen-bond acceptors (Lipinski definition) is 5. The first-order chi connectivity index (χ1) is 12.6. The van der Waals surface area contributed by atoms with Crippen LogP contribution in [0.1, 0.15) is 23.2 Å². The van der Waals surface area contributed by atoms with Crippen LogP contribution in [-0.4, -0.2) is 70.0 Å². The zero-order chi connectivity index (χ0) is 18.9. The summed E-state index contributed by atoms with van der Waals surface area (Å²) in [5.41, 5.74) is 3.10. The molecule has 1 aliphatic rings. The summed E-state index contributed by atoms with van der Waals surface area (Å²) in [6, 6.07) is 0. The number of aryl methyl sites for hydroxylation is 1. The number of methoxy groups -OCH3 is 2. The molecule has 1 aromatic rings. The van der Waals surface area contributed by atoms with E-state index in [1.807, 2.05) is 27.1 Å². The standard InChI is InChI=1S/C19H32N4O3.HI/c1-14-10-21-17(15(2)18(14)25-5)11-22-19(20-3)23-7-6-16(12-23)13-26-9-8-24-4;/h10,16H,6-9,11-13H2,1-5H3,(H,20,22);1H. The van der Waals surface area contributed by atoms with Crippen molar-refractivity contribution in [3.05, 3.63) is 23.0 Å². The van der Waals surface area contributed by atoms with Crippen molar-refractivity contribution in [2.75, 3.05) is 54.2 Å². The van der Waals surface area contributed by atoms with E-state index in [0.29, 0.717) is 25.7 Å². The number of aromatic nitrogens is 1. The first-order valence-electron chi connectivity index (χ1n) is 9.12. The molecule has 0 aliphatic carbocycles. The van der Waals surface area contributed by atoms with Crippen LogP contribution < -0.4 is 10.1 Å². The molecule has 0 amide bonds. The molecule has 1 aliphatic heterocycles. The predicted octanol–water partition coefficient (Wildman–Crippen LogP) is 2.39. The van der Waals surface area contributed by atoms with Crippen molar-refractivity contribution in [2.45, 2.75) is 26.8 Å². The average Bonchev–Trinajstić information content (AvgIpc) is 3.10. The number of nitrogens with zero attached hydrogens (tertiary/aromatic N) is 3. The molecule has 27 heavy (non-hydrogen) atoms. The molecule has 2 rings (SSSR count). The highest BCUT2D eigenvalue weighted by atomic mass is 127. The van der Waals surface area contributed by atoms with Crippen molar-refractivity contribution in [1.29, 1.82) is 0 Å². The fourth-order valence-corrected chi connectivity index (χ4v) is 3.30. The van der Waals surface area contributed by atoms with E-state index >= 15 is 0 Å². The Balaban J connectivity index is 0.00000364. The van der Waals surface area contributed by atoms with Gasteiger partial charge in [-0.2, -0.15) is 0 Å². The quantitative estimate of drug-likeness (QED) is 0.260. The van der Waals surface area contributed by atoms with Gasteiger partial charge in [-0.25, -0.2) is 0 Å². The Morgan fingerprint density at radius 3 is 2.78 bits per heavy atom. The fourth-order valence-electron chi connectivity index (χ4n) is 3.30. The molecular formula is C19H33IN4O3. The molecule has 2 heterocycles. The number of ether oxygens (including phenoxy) is 3. The van der Waals surface area contributed by atoms with E-state index in [1.54, 1.807) is 14.2 Å². The Hall–Kier alpha value is -1.13. The molecule has 7 nitrogen and oxygen atoms in total. The van der Waals surface area contributed by atoms with Crippen LogP contribution in [0.3, 0.4) is 0 Å². The maximum absolute atomic E-state index is 5.67. The van der Waals surface area contributed by atoms with Crippen LogP contribution in [0.25, 0.3) is 0 Å². The smallest absolute Gasteiger partial charge is 0.193 e. The minimum Gasteiger partial charge on any atom is -0.496 e. The number of hydrogen-bond donors (Lipinski definition) is 1. The third kappa shape index (κ3) is 6.76. The molecule has 0 saturated carbocycles. The van der Waals surface area contributed by atoms with E-state index in [1.165, 1.54) is 0 Å². The van der Waals surface area contributed by atoms with Gasteiger partial charge in [0, 0.05) is 50.5 Å². The first-order valence-corrected chi connectivity index (χ1v) is 9.12. The van der Waals surface area contributed by atoms with E-state index in [2.05, 4.69) is 20.2 Å². The number of rotatable bonds is 8. The lowest BCUT2D eigenvalue weighted by Crippen LogP contribution is -2.40. The molecule has 1 saturated heterocycles. The number of guanidine groups is 1. The second kappa shape index (κ2) is 12.4. The van der Waals surface area contributed by atoms with Crippen LogP contribution in [0.5, 0.6) is 5.75 Å². The highest BCUT2D eigenvalue weighted by Crippen LogP contribution is 2.24. The van der Waals surface area contributed by atoms with Gasteiger partial charge in [-0.15, -0.1) is 24.0 Å². The molecule has 0 spiro atoms. The van der Waals surface area contributed by atoms with Gasteiger partial charge >= 0.3 is 0 Å². The van der Waals surface area contributed by atoms with Gasteiger partial charge in [-0.3, -0.25) is 9.98 Å². The molecule has 1 unspecified atom stereocenters. The highest BCUT2D eigenvalue weighted by molar-refractivity contribution is 14.0. The number of likely N-dealkylation sites (tertiary alicyclic amines) is 1. The molecule has 1 atom stereocenters. The number of nitrogens with one attached hydrogen (secondary N) is 1. The zero-order valence-corrected chi connectivity index (χ0v) is 19.4. The van der Waals surface area contributed by atoms with Gasteiger partial charge in [0.1, 0.15) is 5.75 Å². The Morgan fingerprint density at radius 2 is 2.11 bits per heavy atom. The van der Waals surface area contributed by atoms with E-state index < -0.39 is 0 Å². The fraction of sp³-hybridized carbons (Fsp3) is 0.684. The number of pyridine rings is 1. The van der Waals surface area contributed by atoms with E-state index in [4.69, 9.17) is 14.2 Å². The Labute approximate surface area is 179 Å². The van der Waals surface area contributed by atoms with Gasteiger partial charge < -0.3 is 24.4 Å². The van der Waals surface area contributed by atoms with Crippen molar-refractivity contribution >= 4 is 29.9 Å². The number of aliphatic imine (C=N–C) groups is 1. The molecule has 1 aromatic heterocycles. The molecule has 8 heteroatoms. The maximum atomic E-state index is 5.67. The van der Waals surface area contributed by atoms with Crippen LogP contribution in [0.2, 0.25) is 0 Å². The lowest BCUT2D eigenvalue weighted by molar-refractivity contribution is 0.0536.